The molecule has 1 aromatic carbocycles. The van der Waals surface area contributed by atoms with Crippen molar-refractivity contribution in [1.29, 1.82) is 0 Å². The first-order valence-electron chi connectivity index (χ1n) is 6.89. The van der Waals surface area contributed by atoms with E-state index >= 15 is 0 Å². The lowest BCUT2D eigenvalue weighted by atomic mass is 10.1. The van der Waals surface area contributed by atoms with Gasteiger partial charge in [-0.2, -0.15) is 11.8 Å². The van der Waals surface area contributed by atoms with E-state index in [4.69, 9.17) is 10.6 Å². The number of nitrogens with one attached hydrogen (secondary N) is 1. The molecule has 0 radical (unpaired) electrons. The van der Waals surface area contributed by atoms with E-state index in [1.54, 1.807) is 0 Å². The smallest absolute Gasteiger partial charge is 0.263 e. The van der Waals surface area contributed by atoms with Crippen LogP contribution in [0.15, 0.2) is 18.2 Å². The maximum absolute atomic E-state index is 11.4. The quantitative estimate of drug-likeness (QED) is 0.496. The highest BCUT2D eigenvalue weighted by atomic mass is 32.2. The molecule has 1 aliphatic rings. The van der Waals surface area contributed by atoms with Crippen molar-refractivity contribution < 1.29 is 9.53 Å². The summed E-state index contributed by atoms with van der Waals surface area (Å²) >= 11 is 1.85. The van der Waals surface area contributed by atoms with Gasteiger partial charge in [0, 0.05) is 11.5 Å². The molecule has 1 aromatic rings. The van der Waals surface area contributed by atoms with Crippen LogP contribution in [0, 0.1) is 13.8 Å². The Bertz CT molecular complexity index is 459. The first kappa shape index (κ1) is 15.4. The summed E-state index contributed by atoms with van der Waals surface area (Å²) in [5, 5.41) is 0. The largest absolute Gasteiger partial charge is 0.364 e. The normalized spacial score (nSPS) is 21.9. The van der Waals surface area contributed by atoms with Crippen LogP contribution in [0.5, 0.6) is 0 Å². The lowest BCUT2D eigenvalue weighted by Gasteiger charge is -2.12. The van der Waals surface area contributed by atoms with Gasteiger partial charge in [0.1, 0.15) is 6.10 Å². The molecule has 4 nitrogen and oxygen atoms in total. The Balaban J connectivity index is 1.75. The topological polar surface area (TPSA) is 64.4 Å². The van der Waals surface area contributed by atoms with Crippen LogP contribution in [-0.2, 0) is 15.3 Å². The summed E-state index contributed by atoms with van der Waals surface area (Å²) in [7, 11) is 0. The molecule has 0 saturated carbocycles. The number of carbonyl (C=O) groups is 1. The van der Waals surface area contributed by atoms with Crippen LogP contribution in [-0.4, -0.2) is 23.9 Å². The number of carbonyl (C=O) groups excluding carboxylic acids is 1. The maximum atomic E-state index is 11.4. The van der Waals surface area contributed by atoms with Gasteiger partial charge in [-0.05, 0) is 32.3 Å². The van der Waals surface area contributed by atoms with Crippen LogP contribution >= 0.6 is 11.8 Å². The van der Waals surface area contributed by atoms with Gasteiger partial charge in [0.05, 0.1) is 6.10 Å². The number of hydrogen-bond acceptors (Lipinski definition) is 4. The fourth-order valence-corrected chi connectivity index (χ4v) is 3.60. The van der Waals surface area contributed by atoms with Crippen molar-refractivity contribution in [2.24, 2.45) is 5.84 Å². The molecule has 5 heteroatoms. The fourth-order valence-electron chi connectivity index (χ4n) is 2.57. The Labute approximate surface area is 124 Å². The number of hydrazine groups is 1. The summed E-state index contributed by atoms with van der Waals surface area (Å²) in [5.74, 6) is 6.80. The number of nitrogens with two attached hydrogens (primary N) is 1. The molecule has 3 N–H and O–H groups in total. The fraction of sp³-hybridized carbons (Fsp3) is 0.533. The predicted molar refractivity (Wildman–Crippen MR) is 82.3 cm³/mol. The molecule has 110 valence electrons. The van der Waals surface area contributed by atoms with Crippen molar-refractivity contribution in [2.75, 3.05) is 5.75 Å². The van der Waals surface area contributed by atoms with Crippen LogP contribution in [0.1, 0.15) is 29.5 Å². The van der Waals surface area contributed by atoms with Crippen LogP contribution in [0.25, 0.3) is 0 Å². The Morgan fingerprint density at radius 1 is 1.35 bits per heavy atom. The van der Waals surface area contributed by atoms with Gasteiger partial charge in [-0.15, -0.1) is 0 Å². The number of benzene rings is 1. The number of hydrogen-bond donors (Lipinski definition) is 2. The third-order valence-electron chi connectivity index (χ3n) is 3.40. The first-order chi connectivity index (χ1) is 9.58. The monoisotopic (exact) mass is 294 g/mol. The molecule has 20 heavy (non-hydrogen) atoms. The summed E-state index contributed by atoms with van der Waals surface area (Å²) in [5.41, 5.74) is 6.11. The van der Waals surface area contributed by atoms with Gasteiger partial charge in [0.25, 0.3) is 5.91 Å². The van der Waals surface area contributed by atoms with Gasteiger partial charge in [0.2, 0.25) is 0 Å². The zero-order chi connectivity index (χ0) is 14.5. The van der Waals surface area contributed by atoms with Crippen LogP contribution in [0.3, 0.4) is 0 Å². The highest BCUT2D eigenvalue weighted by Gasteiger charge is 2.29. The highest BCUT2D eigenvalue weighted by Crippen LogP contribution is 2.25. The second-order valence-electron chi connectivity index (χ2n) is 5.34. The summed E-state index contributed by atoms with van der Waals surface area (Å²) < 4.78 is 5.69. The average molecular weight is 294 g/mol. The number of rotatable bonds is 5. The molecule has 1 heterocycles. The summed E-state index contributed by atoms with van der Waals surface area (Å²) in [6.07, 6.45) is 1.48. The van der Waals surface area contributed by atoms with Crippen LogP contribution in [0.4, 0.5) is 0 Å². The lowest BCUT2D eigenvalue weighted by molar-refractivity contribution is -0.131. The SMILES string of the molecule is Cc1cc(C)cc(CSCC2CCC(C(=O)NN)O2)c1. The molecule has 2 unspecified atom stereocenters. The molecular weight excluding hydrogens is 272 g/mol. The van der Waals surface area contributed by atoms with Gasteiger partial charge >= 0.3 is 0 Å². The minimum absolute atomic E-state index is 0.160. The van der Waals surface area contributed by atoms with Crippen molar-refractivity contribution in [3.63, 3.8) is 0 Å². The third kappa shape index (κ3) is 4.23. The molecule has 0 spiro atoms. The van der Waals surface area contributed by atoms with Crippen molar-refractivity contribution in [3.8, 4) is 0 Å². The molecule has 1 aliphatic heterocycles. The predicted octanol–water partition coefficient (Wildman–Crippen LogP) is 2.07. The van der Waals surface area contributed by atoms with Crippen molar-refractivity contribution >= 4 is 17.7 Å². The highest BCUT2D eigenvalue weighted by molar-refractivity contribution is 7.98. The van der Waals surface area contributed by atoms with E-state index < -0.39 is 0 Å². The lowest BCUT2D eigenvalue weighted by Crippen LogP contribution is -2.39. The number of aryl methyl sites for hydroxylation is 2. The van der Waals surface area contributed by atoms with Crippen molar-refractivity contribution in [2.45, 2.75) is 44.6 Å². The third-order valence-corrected chi connectivity index (χ3v) is 4.54. The van der Waals surface area contributed by atoms with E-state index in [0.29, 0.717) is 0 Å². The van der Waals surface area contributed by atoms with E-state index in [9.17, 15) is 4.79 Å². The van der Waals surface area contributed by atoms with Gasteiger partial charge in [-0.3, -0.25) is 10.2 Å². The zero-order valence-electron chi connectivity index (χ0n) is 12.0. The minimum atomic E-state index is -0.369. The van der Waals surface area contributed by atoms with Crippen molar-refractivity contribution in [3.05, 3.63) is 34.9 Å². The molecule has 1 saturated heterocycles. The molecule has 2 rings (SSSR count). The first-order valence-corrected chi connectivity index (χ1v) is 8.05. The van der Waals surface area contributed by atoms with Gasteiger partial charge in [-0.25, -0.2) is 5.84 Å². The zero-order valence-corrected chi connectivity index (χ0v) is 12.8. The molecule has 2 atom stereocenters. The van der Waals surface area contributed by atoms with Crippen LogP contribution in [0.2, 0.25) is 0 Å². The second kappa shape index (κ2) is 7.11. The standard InChI is InChI=1S/C15H22N2O2S/c1-10-5-11(2)7-12(6-10)8-20-9-13-3-4-14(19-13)15(18)17-16/h5-7,13-14H,3-4,8-9,16H2,1-2H3,(H,17,18). The summed E-state index contributed by atoms with van der Waals surface area (Å²) in [6, 6.07) is 6.63. The molecule has 0 bridgehead atoms. The Kier molecular flexibility index (Phi) is 5.46. The van der Waals surface area contributed by atoms with E-state index in [2.05, 4.69) is 37.5 Å². The maximum Gasteiger partial charge on any atom is 0.263 e. The molecule has 0 aliphatic carbocycles. The van der Waals surface area contributed by atoms with E-state index in [1.165, 1.54) is 16.7 Å². The molecule has 0 aromatic heterocycles. The number of amides is 1. The van der Waals surface area contributed by atoms with E-state index in [-0.39, 0.29) is 18.1 Å². The summed E-state index contributed by atoms with van der Waals surface area (Å²) in [4.78, 5) is 11.4. The number of ether oxygens (including phenoxy) is 1. The average Bonchev–Trinajstić information content (AvgIpc) is 2.85. The Morgan fingerprint density at radius 3 is 2.70 bits per heavy atom. The van der Waals surface area contributed by atoms with E-state index in [1.807, 2.05) is 11.8 Å². The van der Waals surface area contributed by atoms with Crippen molar-refractivity contribution in [1.82, 2.24) is 5.43 Å². The Morgan fingerprint density at radius 2 is 2.05 bits per heavy atom. The van der Waals surface area contributed by atoms with Gasteiger partial charge in [-0.1, -0.05) is 29.3 Å². The molecular formula is C15H22N2O2S. The molecule has 1 fully saturated rings. The van der Waals surface area contributed by atoms with Gasteiger partial charge < -0.3 is 4.74 Å². The molecule has 1 amide bonds. The second-order valence-corrected chi connectivity index (χ2v) is 6.37. The van der Waals surface area contributed by atoms with Gasteiger partial charge in [0.15, 0.2) is 0 Å². The Hall–Kier alpha value is -1.04. The minimum Gasteiger partial charge on any atom is -0.364 e. The number of thioether (sulfide) groups is 1. The van der Waals surface area contributed by atoms with E-state index in [0.717, 1.165) is 24.3 Å². The summed E-state index contributed by atoms with van der Waals surface area (Å²) in [6.45, 7) is 4.24. The van der Waals surface area contributed by atoms with Crippen LogP contribution < -0.4 is 11.3 Å².